The van der Waals surface area contributed by atoms with Crippen LogP contribution in [0.3, 0.4) is 0 Å². The lowest BCUT2D eigenvalue weighted by Crippen LogP contribution is -2.42. The second-order valence-corrected chi connectivity index (χ2v) is 5.91. The van der Waals surface area contributed by atoms with Crippen molar-refractivity contribution in [2.24, 2.45) is 7.05 Å². The number of halogens is 1. The fourth-order valence-corrected chi connectivity index (χ4v) is 3.12. The molecule has 1 aromatic heterocycles. The fraction of sp³-hybridized carbons (Fsp3) is 0.786. The summed E-state index contributed by atoms with van der Waals surface area (Å²) in [5.74, 6) is 0. The molecular weight excluding hydrogens is 260 g/mol. The van der Waals surface area contributed by atoms with Gasteiger partial charge in [-0.1, -0.05) is 24.9 Å². The van der Waals surface area contributed by atoms with Crippen molar-refractivity contribution in [2.45, 2.75) is 45.2 Å². The number of piperidine rings is 1. The molecule has 1 N–H and O–H groups in total. The lowest BCUT2D eigenvalue weighted by atomic mass is 10.0. The van der Waals surface area contributed by atoms with E-state index in [0.717, 1.165) is 42.5 Å². The minimum atomic E-state index is 0.622. The Bertz CT molecular complexity index is 410. The summed E-state index contributed by atoms with van der Waals surface area (Å²) in [6.07, 6.45) is 4.83. The summed E-state index contributed by atoms with van der Waals surface area (Å²) >= 11 is 6.39. The second-order valence-electron chi connectivity index (χ2n) is 5.53. The number of hydrogen-bond acceptors (Lipinski definition) is 3. The van der Waals surface area contributed by atoms with Gasteiger partial charge in [-0.25, -0.2) is 0 Å². The van der Waals surface area contributed by atoms with Crippen LogP contribution in [0.1, 0.15) is 37.6 Å². The Morgan fingerprint density at radius 1 is 1.47 bits per heavy atom. The summed E-state index contributed by atoms with van der Waals surface area (Å²) in [5.41, 5.74) is 2.13. The summed E-state index contributed by atoms with van der Waals surface area (Å²) < 4.78 is 1.92. The van der Waals surface area contributed by atoms with E-state index in [2.05, 4.69) is 29.3 Å². The molecule has 0 radical (unpaired) electrons. The average Bonchev–Trinajstić information content (AvgIpc) is 2.67. The summed E-state index contributed by atoms with van der Waals surface area (Å²) in [5, 5.41) is 8.90. The van der Waals surface area contributed by atoms with Crippen LogP contribution in [-0.2, 0) is 20.0 Å². The summed E-state index contributed by atoms with van der Waals surface area (Å²) in [4.78, 5) is 2.34. The van der Waals surface area contributed by atoms with E-state index >= 15 is 0 Å². The van der Waals surface area contributed by atoms with Crippen molar-refractivity contribution >= 4 is 11.6 Å². The maximum Gasteiger partial charge on any atom is 0.0863 e. The normalized spacial score (nSPS) is 20.2. The van der Waals surface area contributed by atoms with E-state index in [1.54, 1.807) is 0 Å². The fourth-order valence-electron chi connectivity index (χ4n) is 2.77. The average molecular weight is 285 g/mol. The van der Waals surface area contributed by atoms with Crippen molar-refractivity contribution in [1.29, 1.82) is 0 Å². The Labute approximate surface area is 121 Å². The predicted octanol–water partition coefficient (Wildman–Crippen LogP) is 2.21. The molecule has 0 aromatic carbocycles. The Hall–Kier alpha value is -0.580. The van der Waals surface area contributed by atoms with Gasteiger partial charge in [0.05, 0.1) is 16.4 Å². The first-order chi connectivity index (χ1) is 9.11. The van der Waals surface area contributed by atoms with Crippen molar-refractivity contribution in [3.8, 4) is 0 Å². The number of nitrogens with zero attached hydrogens (tertiary/aromatic N) is 3. The third-order valence-corrected chi connectivity index (χ3v) is 4.30. The van der Waals surface area contributed by atoms with Crippen molar-refractivity contribution in [3.05, 3.63) is 16.4 Å². The van der Waals surface area contributed by atoms with Crippen LogP contribution in [0.4, 0.5) is 0 Å². The quantitative estimate of drug-likeness (QED) is 0.900. The van der Waals surface area contributed by atoms with Gasteiger partial charge in [0.1, 0.15) is 0 Å². The first kappa shape index (κ1) is 14.8. The molecule has 1 fully saturated rings. The van der Waals surface area contributed by atoms with Gasteiger partial charge >= 0.3 is 0 Å². The highest BCUT2D eigenvalue weighted by atomic mass is 35.5. The Kier molecular flexibility index (Phi) is 5.25. The Balaban J connectivity index is 1.94. The number of aryl methyl sites for hydroxylation is 2. The molecular formula is C14H25ClN4. The maximum absolute atomic E-state index is 6.39. The van der Waals surface area contributed by atoms with Gasteiger partial charge in [-0.2, -0.15) is 5.10 Å². The second kappa shape index (κ2) is 6.73. The van der Waals surface area contributed by atoms with Gasteiger partial charge < -0.3 is 5.32 Å². The van der Waals surface area contributed by atoms with Crippen molar-refractivity contribution in [1.82, 2.24) is 20.0 Å². The van der Waals surface area contributed by atoms with E-state index < -0.39 is 0 Å². The molecule has 1 saturated heterocycles. The monoisotopic (exact) mass is 284 g/mol. The first-order valence-corrected chi connectivity index (χ1v) is 7.61. The van der Waals surface area contributed by atoms with Crippen LogP contribution >= 0.6 is 11.6 Å². The minimum Gasteiger partial charge on any atom is -0.313 e. The summed E-state index contributed by atoms with van der Waals surface area (Å²) in [7, 11) is 4.14. The van der Waals surface area contributed by atoms with Crippen molar-refractivity contribution < 1.29 is 0 Å². The Morgan fingerprint density at radius 3 is 2.84 bits per heavy atom. The van der Waals surface area contributed by atoms with Gasteiger partial charge in [-0.3, -0.25) is 9.58 Å². The van der Waals surface area contributed by atoms with Crippen LogP contribution < -0.4 is 5.32 Å². The van der Waals surface area contributed by atoms with E-state index in [9.17, 15) is 0 Å². The molecule has 5 heteroatoms. The van der Waals surface area contributed by atoms with Crippen LogP contribution in [0.15, 0.2) is 0 Å². The lowest BCUT2D eigenvalue weighted by molar-refractivity contribution is 0.252. The topological polar surface area (TPSA) is 33.1 Å². The van der Waals surface area contributed by atoms with Gasteiger partial charge in [0.25, 0.3) is 0 Å². The molecule has 108 valence electrons. The van der Waals surface area contributed by atoms with E-state index in [0.29, 0.717) is 6.04 Å². The van der Waals surface area contributed by atoms with Gasteiger partial charge in [-0.15, -0.1) is 0 Å². The van der Waals surface area contributed by atoms with E-state index in [1.807, 2.05) is 11.7 Å². The molecule has 0 saturated carbocycles. The van der Waals surface area contributed by atoms with Crippen LogP contribution in [0.2, 0.25) is 5.02 Å². The molecule has 2 heterocycles. The number of aromatic nitrogens is 2. The highest BCUT2D eigenvalue weighted by Crippen LogP contribution is 2.22. The lowest BCUT2D eigenvalue weighted by Gasteiger charge is -2.28. The van der Waals surface area contributed by atoms with E-state index in [1.165, 1.54) is 19.3 Å². The third-order valence-electron chi connectivity index (χ3n) is 3.87. The number of hydrogen-bond donors (Lipinski definition) is 1. The number of rotatable bonds is 5. The molecule has 2 rings (SSSR count). The van der Waals surface area contributed by atoms with Gasteiger partial charge in [-0.05, 0) is 32.9 Å². The molecule has 1 aliphatic heterocycles. The van der Waals surface area contributed by atoms with E-state index in [4.69, 9.17) is 11.6 Å². The molecule has 1 aromatic rings. The SMILES string of the molecule is CCc1nn(C)c(CN(C)CC2CCCCN2)c1Cl. The van der Waals surface area contributed by atoms with Crippen molar-refractivity contribution in [2.75, 3.05) is 20.1 Å². The molecule has 19 heavy (non-hydrogen) atoms. The van der Waals surface area contributed by atoms with Crippen LogP contribution in [0.25, 0.3) is 0 Å². The third kappa shape index (κ3) is 3.71. The largest absolute Gasteiger partial charge is 0.313 e. The smallest absolute Gasteiger partial charge is 0.0863 e. The van der Waals surface area contributed by atoms with Gasteiger partial charge in [0.2, 0.25) is 0 Å². The van der Waals surface area contributed by atoms with Gasteiger partial charge in [0.15, 0.2) is 0 Å². The molecule has 0 amide bonds. The van der Waals surface area contributed by atoms with Crippen LogP contribution in [0, 0.1) is 0 Å². The van der Waals surface area contributed by atoms with E-state index in [-0.39, 0.29) is 0 Å². The Morgan fingerprint density at radius 2 is 2.26 bits per heavy atom. The van der Waals surface area contributed by atoms with Crippen LogP contribution in [-0.4, -0.2) is 40.9 Å². The minimum absolute atomic E-state index is 0.622. The molecule has 4 nitrogen and oxygen atoms in total. The van der Waals surface area contributed by atoms with Crippen LogP contribution in [0.5, 0.6) is 0 Å². The number of likely N-dealkylation sites (N-methyl/N-ethyl adjacent to an activating group) is 1. The molecule has 1 aliphatic rings. The summed E-state index contributed by atoms with van der Waals surface area (Å²) in [6, 6.07) is 0.622. The standard InChI is InChI=1S/C14H25ClN4/c1-4-12-14(15)13(19(3)17-12)10-18(2)9-11-7-5-6-8-16-11/h11,16H,4-10H2,1-3H3. The molecule has 0 spiro atoms. The molecule has 1 atom stereocenters. The zero-order chi connectivity index (χ0) is 13.8. The highest BCUT2D eigenvalue weighted by Gasteiger charge is 2.18. The highest BCUT2D eigenvalue weighted by molar-refractivity contribution is 6.31. The maximum atomic E-state index is 6.39. The zero-order valence-electron chi connectivity index (χ0n) is 12.2. The number of nitrogens with one attached hydrogen (secondary N) is 1. The zero-order valence-corrected chi connectivity index (χ0v) is 13.0. The predicted molar refractivity (Wildman–Crippen MR) is 79.6 cm³/mol. The molecule has 0 bridgehead atoms. The molecule has 1 unspecified atom stereocenters. The van der Waals surface area contributed by atoms with Gasteiger partial charge in [0, 0.05) is 26.2 Å². The summed E-state index contributed by atoms with van der Waals surface area (Å²) in [6.45, 7) is 5.18. The van der Waals surface area contributed by atoms with Crippen molar-refractivity contribution in [3.63, 3.8) is 0 Å². The first-order valence-electron chi connectivity index (χ1n) is 7.24. The molecule has 0 aliphatic carbocycles.